The molecule has 3 atom stereocenters. The molecule has 0 spiro atoms. The van der Waals surface area contributed by atoms with Gasteiger partial charge in [0.2, 0.25) is 0 Å². The van der Waals surface area contributed by atoms with E-state index in [0.29, 0.717) is 12.1 Å². The fourth-order valence-corrected chi connectivity index (χ4v) is 4.29. The first-order chi connectivity index (χ1) is 10.7. The average molecular weight is 307 g/mol. The van der Waals surface area contributed by atoms with Gasteiger partial charge < -0.3 is 14.5 Å². The van der Waals surface area contributed by atoms with Crippen LogP contribution in [0.4, 0.5) is 0 Å². The second kappa shape index (κ2) is 6.10. The Hall–Kier alpha value is -0.650. The second-order valence-corrected chi connectivity index (χ2v) is 7.66. The van der Waals surface area contributed by atoms with E-state index in [4.69, 9.17) is 4.74 Å². The molecule has 0 radical (unpaired) electrons. The molecule has 0 aromatic carbocycles. The summed E-state index contributed by atoms with van der Waals surface area (Å²) < 4.78 is 6.24. The van der Waals surface area contributed by atoms with E-state index in [0.717, 1.165) is 51.4 Å². The molecule has 0 aromatic rings. The Morgan fingerprint density at radius 1 is 1.00 bits per heavy atom. The fraction of sp³-hybridized carbons (Fsp3) is 0.941. The number of likely N-dealkylation sites (tertiary alicyclic amines) is 1. The Bertz CT molecular complexity index is 418. The highest BCUT2D eigenvalue weighted by atomic mass is 16.5. The van der Waals surface area contributed by atoms with Gasteiger partial charge >= 0.3 is 0 Å². The molecule has 3 heterocycles. The minimum atomic E-state index is -0.175. The summed E-state index contributed by atoms with van der Waals surface area (Å²) in [5, 5.41) is 0. The molecule has 4 aliphatic rings. The fourth-order valence-electron chi connectivity index (χ4n) is 4.29. The maximum Gasteiger partial charge on any atom is 0.251 e. The molecule has 0 bridgehead atoms. The molecule has 5 nitrogen and oxygen atoms in total. The lowest BCUT2D eigenvalue weighted by Crippen LogP contribution is -2.53. The zero-order chi connectivity index (χ0) is 15.1. The molecule has 4 fully saturated rings. The lowest BCUT2D eigenvalue weighted by atomic mass is 9.98. The van der Waals surface area contributed by atoms with Gasteiger partial charge in [-0.05, 0) is 45.1 Å². The van der Waals surface area contributed by atoms with Crippen molar-refractivity contribution in [2.24, 2.45) is 5.92 Å². The van der Waals surface area contributed by atoms with Crippen molar-refractivity contribution in [2.75, 3.05) is 46.3 Å². The van der Waals surface area contributed by atoms with Gasteiger partial charge in [-0.15, -0.1) is 0 Å². The Kier molecular flexibility index (Phi) is 4.13. The van der Waals surface area contributed by atoms with Crippen LogP contribution in [0.5, 0.6) is 0 Å². The summed E-state index contributed by atoms with van der Waals surface area (Å²) in [5.74, 6) is 1.19. The number of carbonyl (C=O) groups is 1. The zero-order valence-electron chi connectivity index (χ0n) is 13.7. The largest absolute Gasteiger partial charge is 0.363 e. The SMILES string of the molecule is CN1CCN(C(=O)[C@H]2CC[C@@H]3[C@@H](CCN3CC3CC3)O2)CC1. The molecule has 1 aliphatic carbocycles. The summed E-state index contributed by atoms with van der Waals surface area (Å²) >= 11 is 0. The van der Waals surface area contributed by atoms with Gasteiger partial charge in [0.05, 0.1) is 6.10 Å². The Labute approximate surface area is 133 Å². The van der Waals surface area contributed by atoms with Crippen LogP contribution in [0.15, 0.2) is 0 Å². The number of ether oxygens (including phenoxy) is 1. The third-order valence-corrected chi connectivity index (χ3v) is 5.94. The van der Waals surface area contributed by atoms with Gasteiger partial charge in [-0.25, -0.2) is 0 Å². The molecule has 3 aliphatic heterocycles. The normalized spacial score (nSPS) is 37.3. The van der Waals surface area contributed by atoms with Crippen LogP contribution in [0.25, 0.3) is 0 Å². The zero-order valence-corrected chi connectivity index (χ0v) is 13.7. The smallest absolute Gasteiger partial charge is 0.251 e. The number of piperazine rings is 1. The van der Waals surface area contributed by atoms with Crippen molar-refractivity contribution in [3.05, 3.63) is 0 Å². The Morgan fingerprint density at radius 3 is 2.50 bits per heavy atom. The third-order valence-electron chi connectivity index (χ3n) is 5.94. The topological polar surface area (TPSA) is 36.0 Å². The van der Waals surface area contributed by atoms with Gasteiger partial charge in [0, 0.05) is 45.3 Å². The molecule has 3 saturated heterocycles. The number of hydrogen-bond donors (Lipinski definition) is 0. The van der Waals surface area contributed by atoms with Crippen LogP contribution < -0.4 is 0 Å². The summed E-state index contributed by atoms with van der Waals surface area (Å²) in [6.45, 7) is 6.12. The van der Waals surface area contributed by atoms with Crippen molar-refractivity contribution in [1.29, 1.82) is 0 Å². The summed E-state index contributed by atoms with van der Waals surface area (Å²) in [5.41, 5.74) is 0. The van der Waals surface area contributed by atoms with Gasteiger partial charge in [-0.2, -0.15) is 0 Å². The first kappa shape index (κ1) is 14.9. The quantitative estimate of drug-likeness (QED) is 0.772. The molecule has 0 aromatic heterocycles. The number of carbonyl (C=O) groups excluding carboxylic acids is 1. The molecule has 1 saturated carbocycles. The predicted molar refractivity (Wildman–Crippen MR) is 84.7 cm³/mol. The van der Waals surface area contributed by atoms with Crippen LogP contribution in [0.2, 0.25) is 0 Å². The first-order valence-corrected chi connectivity index (χ1v) is 9.07. The van der Waals surface area contributed by atoms with Crippen LogP contribution in [-0.4, -0.2) is 85.2 Å². The van der Waals surface area contributed by atoms with Crippen molar-refractivity contribution in [3.8, 4) is 0 Å². The van der Waals surface area contributed by atoms with E-state index in [-0.39, 0.29) is 12.0 Å². The second-order valence-electron chi connectivity index (χ2n) is 7.66. The van der Waals surface area contributed by atoms with Crippen molar-refractivity contribution < 1.29 is 9.53 Å². The molecule has 22 heavy (non-hydrogen) atoms. The lowest BCUT2D eigenvalue weighted by Gasteiger charge is -2.39. The molecule has 124 valence electrons. The maximum atomic E-state index is 12.7. The number of fused-ring (bicyclic) bond motifs is 1. The van der Waals surface area contributed by atoms with Gasteiger partial charge in [-0.1, -0.05) is 0 Å². The van der Waals surface area contributed by atoms with Crippen LogP contribution in [-0.2, 0) is 9.53 Å². The van der Waals surface area contributed by atoms with E-state index in [1.165, 1.54) is 25.9 Å². The Balaban J connectivity index is 1.31. The number of rotatable bonds is 3. The van der Waals surface area contributed by atoms with E-state index < -0.39 is 0 Å². The average Bonchev–Trinajstić information content (AvgIpc) is 3.27. The van der Waals surface area contributed by atoms with Gasteiger partial charge in [0.1, 0.15) is 6.10 Å². The molecule has 4 rings (SSSR count). The number of nitrogens with zero attached hydrogens (tertiary/aromatic N) is 3. The van der Waals surface area contributed by atoms with E-state index in [2.05, 4.69) is 16.8 Å². The summed E-state index contributed by atoms with van der Waals surface area (Å²) in [4.78, 5) is 19.6. The highest BCUT2D eigenvalue weighted by Crippen LogP contribution is 2.36. The summed E-state index contributed by atoms with van der Waals surface area (Å²) in [6.07, 6.45) is 6.12. The number of likely N-dealkylation sites (N-methyl/N-ethyl adjacent to an activating group) is 1. The van der Waals surface area contributed by atoms with Crippen molar-refractivity contribution in [3.63, 3.8) is 0 Å². The van der Waals surface area contributed by atoms with Gasteiger partial charge in [-0.3, -0.25) is 9.69 Å². The van der Waals surface area contributed by atoms with Crippen LogP contribution in [0, 0.1) is 5.92 Å². The summed E-state index contributed by atoms with van der Waals surface area (Å²) in [7, 11) is 2.12. The minimum absolute atomic E-state index is 0.175. The minimum Gasteiger partial charge on any atom is -0.363 e. The highest BCUT2D eigenvalue weighted by Gasteiger charge is 2.43. The molecule has 0 unspecified atom stereocenters. The van der Waals surface area contributed by atoms with Crippen molar-refractivity contribution >= 4 is 5.91 Å². The van der Waals surface area contributed by atoms with Gasteiger partial charge in [0.15, 0.2) is 0 Å². The van der Waals surface area contributed by atoms with E-state index in [1.54, 1.807) is 0 Å². The maximum absolute atomic E-state index is 12.7. The molecule has 1 amide bonds. The van der Waals surface area contributed by atoms with E-state index >= 15 is 0 Å². The Morgan fingerprint density at radius 2 is 1.77 bits per heavy atom. The van der Waals surface area contributed by atoms with Crippen LogP contribution in [0.1, 0.15) is 32.1 Å². The highest BCUT2D eigenvalue weighted by molar-refractivity contribution is 5.81. The molecule has 0 N–H and O–H groups in total. The first-order valence-electron chi connectivity index (χ1n) is 9.07. The van der Waals surface area contributed by atoms with E-state index in [1.807, 2.05) is 4.90 Å². The number of hydrogen-bond acceptors (Lipinski definition) is 4. The van der Waals surface area contributed by atoms with Crippen molar-refractivity contribution in [2.45, 2.75) is 50.4 Å². The van der Waals surface area contributed by atoms with Crippen molar-refractivity contribution in [1.82, 2.24) is 14.7 Å². The third kappa shape index (κ3) is 3.03. The lowest BCUT2D eigenvalue weighted by molar-refractivity contribution is -0.156. The molecule has 5 heteroatoms. The molecular formula is C17H29N3O2. The predicted octanol–water partition coefficient (Wildman–Crippen LogP) is 0.792. The van der Waals surface area contributed by atoms with Crippen LogP contribution in [0.3, 0.4) is 0 Å². The van der Waals surface area contributed by atoms with Crippen LogP contribution >= 0.6 is 0 Å². The number of amides is 1. The molecular weight excluding hydrogens is 278 g/mol. The monoisotopic (exact) mass is 307 g/mol. The van der Waals surface area contributed by atoms with Gasteiger partial charge in [0.25, 0.3) is 5.91 Å². The summed E-state index contributed by atoms with van der Waals surface area (Å²) in [6, 6.07) is 0.581. The van der Waals surface area contributed by atoms with E-state index in [9.17, 15) is 4.79 Å². The standard InChI is InChI=1S/C17H29N3O2/c1-18-8-10-19(11-9-18)17(21)16-5-4-14-15(22-16)6-7-20(14)12-13-2-3-13/h13-16H,2-12H2,1H3/t14-,15-,16-/m1/s1.